The predicted molar refractivity (Wildman–Crippen MR) is 120 cm³/mol. The molecule has 1 atom stereocenters. The van der Waals surface area contributed by atoms with E-state index in [-0.39, 0.29) is 31.0 Å². The molecule has 0 saturated carbocycles. The Kier molecular flexibility index (Phi) is 7.99. The molecule has 0 spiro atoms. The highest BCUT2D eigenvalue weighted by Gasteiger charge is 2.21. The Balaban J connectivity index is 1.53. The van der Waals surface area contributed by atoms with Gasteiger partial charge in [-0.25, -0.2) is 4.79 Å². The van der Waals surface area contributed by atoms with Crippen molar-refractivity contribution in [3.63, 3.8) is 0 Å². The van der Waals surface area contributed by atoms with Crippen molar-refractivity contribution in [2.45, 2.75) is 44.4 Å². The third-order valence-corrected chi connectivity index (χ3v) is 5.55. The van der Waals surface area contributed by atoms with Gasteiger partial charge in [0.25, 0.3) is 5.91 Å². The molecule has 0 radical (unpaired) electrons. The first-order valence-corrected chi connectivity index (χ1v) is 11.2. The Bertz CT molecular complexity index is 994. The fourth-order valence-corrected chi connectivity index (χ4v) is 3.78. The number of nitrogens with one attached hydrogen (secondary N) is 2. The van der Waals surface area contributed by atoms with Gasteiger partial charge in [-0.3, -0.25) is 9.59 Å². The lowest BCUT2D eigenvalue weighted by atomic mass is 10.2. The number of amides is 2. The topological polar surface area (TPSA) is 103 Å². The standard InChI is InChI=1S/C23H26N2O6S/c1-14(2)25-21(26)12-32-20-7-5-4-6-17(20)23(28)31-15(3)22(27)24-11-16-8-9-18-19(10-16)30-13-29-18/h4-10,14-15H,11-13H2,1-3H3,(H,24,27)(H,25,26). The first-order valence-electron chi connectivity index (χ1n) is 10.2. The van der Waals surface area contributed by atoms with Crippen LogP contribution in [0.25, 0.3) is 0 Å². The molecule has 0 fully saturated rings. The van der Waals surface area contributed by atoms with Crippen molar-refractivity contribution in [1.29, 1.82) is 0 Å². The summed E-state index contributed by atoms with van der Waals surface area (Å²) in [6.07, 6.45) is -0.987. The lowest BCUT2D eigenvalue weighted by Gasteiger charge is -2.15. The van der Waals surface area contributed by atoms with E-state index in [1.54, 1.807) is 36.4 Å². The molecule has 1 heterocycles. The third-order valence-electron chi connectivity index (χ3n) is 4.47. The van der Waals surface area contributed by atoms with Gasteiger partial charge < -0.3 is 24.8 Å². The molecule has 170 valence electrons. The van der Waals surface area contributed by atoms with Gasteiger partial charge in [0, 0.05) is 17.5 Å². The van der Waals surface area contributed by atoms with E-state index in [2.05, 4.69) is 10.6 Å². The fraction of sp³-hybridized carbons (Fsp3) is 0.348. The number of benzene rings is 2. The van der Waals surface area contributed by atoms with Crippen LogP contribution >= 0.6 is 11.8 Å². The number of carbonyl (C=O) groups excluding carboxylic acids is 3. The van der Waals surface area contributed by atoms with Gasteiger partial charge in [-0.05, 0) is 50.6 Å². The van der Waals surface area contributed by atoms with E-state index in [4.69, 9.17) is 14.2 Å². The smallest absolute Gasteiger partial charge is 0.340 e. The van der Waals surface area contributed by atoms with E-state index in [0.717, 1.165) is 5.56 Å². The predicted octanol–water partition coefficient (Wildman–Crippen LogP) is 2.89. The minimum absolute atomic E-state index is 0.0420. The highest BCUT2D eigenvalue weighted by atomic mass is 32.2. The number of rotatable bonds is 9. The van der Waals surface area contributed by atoms with Crippen LogP contribution in [0.4, 0.5) is 0 Å². The maximum absolute atomic E-state index is 12.7. The normalized spacial score (nSPS) is 12.9. The zero-order valence-corrected chi connectivity index (χ0v) is 19.0. The van der Waals surface area contributed by atoms with Crippen molar-refractivity contribution in [3.05, 3.63) is 53.6 Å². The van der Waals surface area contributed by atoms with Crippen LogP contribution in [0.2, 0.25) is 0 Å². The van der Waals surface area contributed by atoms with Crippen LogP contribution in [0.15, 0.2) is 47.4 Å². The summed E-state index contributed by atoms with van der Waals surface area (Å²) in [4.78, 5) is 37.6. The molecule has 8 nitrogen and oxygen atoms in total. The molecule has 1 unspecified atom stereocenters. The fourth-order valence-electron chi connectivity index (χ4n) is 2.93. The highest BCUT2D eigenvalue weighted by molar-refractivity contribution is 8.00. The summed E-state index contributed by atoms with van der Waals surface area (Å²) >= 11 is 1.24. The zero-order valence-electron chi connectivity index (χ0n) is 18.2. The van der Waals surface area contributed by atoms with Crippen LogP contribution in [0.5, 0.6) is 11.5 Å². The molecule has 2 aromatic rings. The summed E-state index contributed by atoms with van der Waals surface area (Å²) in [6.45, 7) is 5.72. The lowest BCUT2D eigenvalue weighted by molar-refractivity contribution is -0.129. The first kappa shape index (κ1) is 23.5. The molecule has 3 rings (SSSR count). The maximum atomic E-state index is 12.7. The molecule has 1 aliphatic heterocycles. The minimum Gasteiger partial charge on any atom is -0.454 e. The maximum Gasteiger partial charge on any atom is 0.340 e. The van der Waals surface area contributed by atoms with Gasteiger partial charge in [-0.15, -0.1) is 11.8 Å². The Morgan fingerprint density at radius 1 is 1.06 bits per heavy atom. The second kappa shape index (κ2) is 10.9. The molecular weight excluding hydrogens is 432 g/mol. The summed E-state index contributed by atoms with van der Waals surface area (Å²) in [6, 6.07) is 12.3. The van der Waals surface area contributed by atoms with E-state index in [1.807, 2.05) is 19.9 Å². The molecule has 0 aromatic heterocycles. The minimum atomic E-state index is -0.987. The van der Waals surface area contributed by atoms with Crippen molar-refractivity contribution in [1.82, 2.24) is 10.6 Å². The van der Waals surface area contributed by atoms with Gasteiger partial charge >= 0.3 is 5.97 Å². The number of fused-ring (bicyclic) bond motifs is 1. The second-order valence-corrected chi connectivity index (χ2v) is 8.48. The van der Waals surface area contributed by atoms with Crippen molar-refractivity contribution in [2.75, 3.05) is 12.5 Å². The quantitative estimate of drug-likeness (QED) is 0.440. The lowest BCUT2D eigenvalue weighted by Crippen LogP contribution is -2.35. The van der Waals surface area contributed by atoms with Gasteiger partial charge in [0.05, 0.1) is 11.3 Å². The Hall–Kier alpha value is -3.20. The third kappa shape index (κ3) is 6.40. The summed E-state index contributed by atoms with van der Waals surface area (Å²) in [5.74, 6) is 0.312. The summed E-state index contributed by atoms with van der Waals surface area (Å²) in [5.41, 5.74) is 1.15. The molecule has 0 saturated heterocycles. The summed E-state index contributed by atoms with van der Waals surface area (Å²) < 4.78 is 16.0. The van der Waals surface area contributed by atoms with Gasteiger partial charge in [-0.1, -0.05) is 18.2 Å². The van der Waals surface area contributed by atoms with Crippen LogP contribution in [0, 0.1) is 0 Å². The van der Waals surface area contributed by atoms with Crippen molar-refractivity contribution >= 4 is 29.5 Å². The molecule has 2 N–H and O–H groups in total. The van der Waals surface area contributed by atoms with E-state index in [0.29, 0.717) is 22.0 Å². The Morgan fingerprint density at radius 2 is 1.81 bits per heavy atom. The van der Waals surface area contributed by atoms with Gasteiger partial charge in [0.1, 0.15) is 0 Å². The first-order chi connectivity index (χ1) is 15.3. The number of carbonyl (C=O) groups is 3. The van der Waals surface area contributed by atoms with Crippen molar-refractivity contribution in [2.24, 2.45) is 0 Å². The Morgan fingerprint density at radius 3 is 2.59 bits per heavy atom. The van der Waals surface area contributed by atoms with E-state index < -0.39 is 18.0 Å². The van der Waals surface area contributed by atoms with Crippen LogP contribution < -0.4 is 20.1 Å². The van der Waals surface area contributed by atoms with Crippen molar-refractivity contribution < 1.29 is 28.6 Å². The summed E-state index contributed by atoms with van der Waals surface area (Å²) in [5, 5.41) is 5.56. The SMILES string of the molecule is CC(C)NC(=O)CSc1ccccc1C(=O)OC(C)C(=O)NCc1ccc2c(c1)OCO2. The molecule has 2 amide bonds. The summed E-state index contributed by atoms with van der Waals surface area (Å²) in [7, 11) is 0. The molecule has 32 heavy (non-hydrogen) atoms. The van der Waals surface area contributed by atoms with Crippen LogP contribution in [0.3, 0.4) is 0 Å². The van der Waals surface area contributed by atoms with E-state index >= 15 is 0 Å². The zero-order chi connectivity index (χ0) is 23.1. The van der Waals surface area contributed by atoms with E-state index in [9.17, 15) is 14.4 Å². The molecule has 1 aliphatic rings. The van der Waals surface area contributed by atoms with Gasteiger partial charge in [0.2, 0.25) is 12.7 Å². The monoisotopic (exact) mass is 458 g/mol. The van der Waals surface area contributed by atoms with Crippen LogP contribution in [0.1, 0.15) is 36.7 Å². The Labute approximate surface area is 191 Å². The average molecular weight is 459 g/mol. The molecule has 9 heteroatoms. The number of thioether (sulfide) groups is 1. The van der Waals surface area contributed by atoms with Crippen LogP contribution in [-0.2, 0) is 20.9 Å². The molecule has 0 bridgehead atoms. The number of esters is 1. The van der Waals surface area contributed by atoms with Crippen LogP contribution in [-0.4, -0.2) is 42.5 Å². The number of hydrogen-bond donors (Lipinski definition) is 2. The molecular formula is C23H26N2O6S. The number of ether oxygens (including phenoxy) is 3. The average Bonchev–Trinajstić information content (AvgIpc) is 3.23. The molecule has 2 aromatic carbocycles. The van der Waals surface area contributed by atoms with Gasteiger partial charge in [0.15, 0.2) is 17.6 Å². The largest absolute Gasteiger partial charge is 0.454 e. The molecule has 0 aliphatic carbocycles. The highest BCUT2D eigenvalue weighted by Crippen LogP contribution is 2.32. The van der Waals surface area contributed by atoms with Crippen molar-refractivity contribution in [3.8, 4) is 11.5 Å². The second-order valence-electron chi connectivity index (χ2n) is 7.46. The number of hydrogen-bond acceptors (Lipinski definition) is 7. The van der Waals surface area contributed by atoms with E-state index in [1.165, 1.54) is 18.7 Å². The van der Waals surface area contributed by atoms with Gasteiger partial charge in [-0.2, -0.15) is 0 Å².